The molecule has 2 aromatic rings. The summed E-state index contributed by atoms with van der Waals surface area (Å²) in [5.41, 5.74) is 0.784. The highest BCUT2D eigenvalue weighted by Crippen LogP contribution is 2.25. The van der Waals surface area contributed by atoms with Gasteiger partial charge in [-0.3, -0.25) is 4.98 Å². The Morgan fingerprint density at radius 3 is 3.06 bits per heavy atom. The van der Waals surface area contributed by atoms with Crippen LogP contribution in [0, 0.1) is 11.5 Å². The molecule has 0 spiro atoms. The molecule has 0 aliphatic carbocycles. The summed E-state index contributed by atoms with van der Waals surface area (Å²) in [6.45, 7) is 1.51. The quantitative estimate of drug-likeness (QED) is 0.796. The number of hydrogen-bond acceptors (Lipinski definition) is 5. The summed E-state index contributed by atoms with van der Waals surface area (Å²) in [5, 5.41) is 17.1. The molecular weight excluding hydrogens is 228 g/mol. The largest absolute Gasteiger partial charge is 0.323 e. The van der Waals surface area contributed by atoms with E-state index in [4.69, 9.17) is 5.26 Å². The number of rotatable bonds is 2. The fraction of sp³-hybridized carbons (Fsp3) is 0.333. The standard InChI is InChI=1S/C12H12N6/c13-8-18-6-4-9(7-18)11-15-12(17-16-11)10-3-1-2-5-14-10/h1-3,5,9H,4,6-7H2,(H,15,16,17). The Bertz CT molecular complexity index is 570. The van der Waals surface area contributed by atoms with Crippen LogP contribution in [0.5, 0.6) is 0 Å². The number of nitriles is 1. The number of likely N-dealkylation sites (tertiary alicyclic amines) is 1. The molecule has 1 aliphatic rings. The van der Waals surface area contributed by atoms with Crippen molar-refractivity contribution in [2.24, 2.45) is 0 Å². The zero-order chi connectivity index (χ0) is 12.4. The summed E-state index contributed by atoms with van der Waals surface area (Å²) < 4.78 is 0. The van der Waals surface area contributed by atoms with Crippen molar-refractivity contribution in [2.45, 2.75) is 12.3 Å². The zero-order valence-electron chi connectivity index (χ0n) is 9.74. The second-order valence-electron chi connectivity index (χ2n) is 4.31. The highest BCUT2D eigenvalue weighted by Gasteiger charge is 2.26. The third-order valence-corrected chi connectivity index (χ3v) is 3.13. The maximum atomic E-state index is 8.83. The van der Waals surface area contributed by atoms with Crippen LogP contribution in [0.1, 0.15) is 18.2 Å². The molecule has 18 heavy (non-hydrogen) atoms. The second-order valence-corrected chi connectivity index (χ2v) is 4.31. The van der Waals surface area contributed by atoms with E-state index >= 15 is 0 Å². The lowest BCUT2D eigenvalue weighted by Gasteiger charge is -2.05. The molecule has 1 N–H and O–H groups in total. The second kappa shape index (κ2) is 4.45. The number of hydrogen-bond donors (Lipinski definition) is 1. The average molecular weight is 240 g/mol. The first-order valence-corrected chi connectivity index (χ1v) is 5.85. The molecule has 0 radical (unpaired) electrons. The molecule has 6 heteroatoms. The Morgan fingerprint density at radius 2 is 2.33 bits per heavy atom. The molecule has 90 valence electrons. The van der Waals surface area contributed by atoms with Gasteiger partial charge in [-0.2, -0.15) is 5.26 Å². The van der Waals surface area contributed by atoms with Gasteiger partial charge in [0.2, 0.25) is 0 Å². The lowest BCUT2D eigenvalue weighted by atomic mass is 10.1. The number of nitrogens with one attached hydrogen (secondary N) is 1. The Kier molecular flexibility index (Phi) is 2.65. The molecule has 0 aromatic carbocycles. The van der Waals surface area contributed by atoms with Crippen LogP contribution in [0.15, 0.2) is 24.4 Å². The molecule has 1 saturated heterocycles. The topological polar surface area (TPSA) is 81.5 Å². The monoisotopic (exact) mass is 240 g/mol. The van der Waals surface area contributed by atoms with Gasteiger partial charge in [-0.25, -0.2) is 0 Å². The Hall–Kier alpha value is -2.42. The zero-order valence-corrected chi connectivity index (χ0v) is 9.74. The molecule has 2 aromatic heterocycles. The number of aromatic nitrogens is 4. The van der Waals surface area contributed by atoms with Crippen molar-refractivity contribution < 1.29 is 0 Å². The lowest BCUT2D eigenvalue weighted by Crippen LogP contribution is -2.13. The van der Waals surface area contributed by atoms with Crippen molar-refractivity contribution in [1.29, 1.82) is 5.26 Å². The van der Waals surface area contributed by atoms with Gasteiger partial charge in [-0.05, 0) is 18.6 Å². The van der Waals surface area contributed by atoms with Crippen LogP contribution in [0.3, 0.4) is 0 Å². The fourth-order valence-corrected chi connectivity index (χ4v) is 2.15. The van der Waals surface area contributed by atoms with Gasteiger partial charge < -0.3 is 9.88 Å². The van der Waals surface area contributed by atoms with Gasteiger partial charge in [0.05, 0.1) is 0 Å². The van der Waals surface area contributed by atoms with E-state index in [-0.39, 0.29) is 5.92 Å². The molecule has 1 fully saturated rings. The summed E-state index contributed by atoms with van der Waals surface area (Å²) in [4.78, 5) is 9.16. The molecule has 6 nitrogen and oxygen atoms in total. The minimum Gasteiger partial charge on any atom is -0.323 e. The number of aromatic amines is 1. The first-order valence-electron chi connectivity index (χ1n) is 5.85. The SMILES string of the molecule is N#CN1CCC(c2nnc(-c3ccccn3)[nH]2)C1. The average Bonchev–Trinajstić information content (AvgIpc) is 3.08. The van der Waals surface area contributed by atoms with Crippen LogP contribution < -0.4 is 0 Å². The van der Waals surface area contributed by atoms with Crippen molar-refractivity contribution in [2.75, 3.05) is 13.1 Å². The summed E-state index contributed by atoms with van der Waals surface area (Å²) in [6, 6.07) is 5.67. The Labute approximate surface area is 104 Å². The first-order chi connectivity index (χ1) is 8.86. The van der Waals surface area contributed by atoms with E-state index in [1.807, 2.05) is 18.2 Å². The lowest BCUT2D eigenvalue weighted by molar-refractivity contribution is 0.476. The predicted octanol–water partition coefficient (Wildman–Crippen LogP) is 1.14. The van der Waals surface area contributed by atoms with Crippen molar-refractivity contribution in [3.05, 3.63) is 30.2 Å². The smallest absolute Gasteiger partial charge is 0.179 e. The molecule has 1 atom stereocenters. The van der Waals surface area contributed by atoms with Crippen LogP contribution in [0.25, 0.3) is 11.5 Å². The third kappa shape index (κ3) is 1.91. The van der Waals surface area contributed by atoms with Gasteiger partial charge in [0.1, 0.15) is 11.5 Å². The summed E-state index contributed by atoms with van der Waals surface area (Å²) in [6.07, 6.45) is 4.82. The minimum absolute atomic E-state index is 0.259. The van der Waals surface area contributed by atoms with Crippen molar-refractivity contribution in [1.82, 2.24) is 25.1 Å². The van der Waals surface area contributed by atoms with Gasteiger partial charge in [0.25, 0.3) is 0 Å². The van der Waals surface area contributed by atoms with Crippen LogP contribution in [-0.4, -0.2) is 38.2 Å². The van der Waals surface area contributed by atoms with Gasteiger partial charge in [0.15, 0.2) is 12.0 Å². The fourth-order valence-electron chi connectivity index (χ4n) is 2.15. The summed E-state index contributed by atoms with van der Waals surface area (Å²) in [5.74, 6) is 1.78. The highest BCUT2D eigenvalue weighted by atomic mass is 15.2. The minimum atomic E-state index is 0.259. The maximum absolute atomic E-state index is 8.83. The van der Waals surface area contributed by atoms with Crippen LogP contribution >= 0.6 is 0 Å². The molecule has 0 amide bonds. The van der Waals surface area contributed by atoms with Crippen LogP contribution in [0.4, 0.5) is 0 Å². The Morgan fingerprint density at radius 1 is 1.39 bits per heavy atom. The van der Waals surface area contributed by atoms with Gasteiger partial charge in [0, 0.05) is 25.2 Å². The molecule has 3 rings (SSSR count). The predicted molar refractivity (Wildman–Crippen MR) is 64.2 cm³/mol. The first kappa shape index (κ1) is 10.7. The molecule has 0 saturated carbocycles. The summed E-state index contributed by atoms with van der Waals surface area (Å²) >= 11 is 0. The van der Waals surface area contributed by atoms with E-state index in [0.29, 0.717) is 12.4 Å². The van der Waals surface area contributed by atoms with E-state index in [2.05, 4.69) is 26.4 Å². The molecule has 1 aliphatic heterocycles. The van der Waals surface area contributed by atoms with Gasteiger partial charge in [-0.15, -0.1) is 10.2 Å². The van der Waals surface area contributed by atoms with E-state index < -0.39 is 0 Å². The van der Waals surface area contributed by atoms with E-state index in [0.717, 1.165) is 24.5 Å². The van der Waals surface area contributed by atoms with E-state index in [1.165, 1.54) is 0 Å². The normalized spacial score (nSPS) is 18.8. The summed E-state index contributed by atoms with van der Waals surface area (Å²) in [7, 11) is 0. The van der Waals surface area contributed by atoms with Crippen molar-refractivity contribution in [3.8, 4) is 17.7 Å². The van der Waals surface area contributed by atoms with Crippen LogP contribution in [-0.2, 0) is 0 Å². The maximum Gasteiger partial charge on any atom is 0.179 e. The van der Waals surface area contributed by atoms with Crippen molar-refractivity contribution in [3.63, 3.8) is 0 Å². The van der Waals surface area contributed by atoms with Gasteiger partial charge in [-0.1, -0.05) is 6.07 Å². The Balaban J connectivity index is 1.81. The van der Waals surface area contributed by atoms with Crippen LogP contribution in [0.2, 0.25) is 0 Å². The number of H-pyrrole nitrogens is 1. The third-order valence-electron chi connectivity index (χ3n) is 3.13. The van der Waals surface area contributed by atoms with E-state index in [1.54, 1.807) is 11.1 Å². The molecular formula is C12H12N6. The molecule has 1 unspecified atom stereocenters. The number of pyridine rings is 1. The van der Waals surface area contributed by atoms with E-state index in [9.17, 15) is 0 Å². The van der Waals surface area contributed by atoms with Crippen molar-refractivity contribution >= 4 is 0 Å². The highest BCUT2D eigenvalue weighted by molar-refractivity contribution is 5.47. The molecule has 3 heterocycles. The molecule has 0 bridgehead atoms. The number of nitrogens with zero attached hydrogens (tertiary/aromatic N) is 5. The van der Waals surface area contributed by atoms with Gasteiger partial charge >= 0.3 is 0 Å².